The van der Waals surface area contributed by atoms with Gasteiger partial charge in [-0.15, -0.1) is 0 Å². The normalized spacial score (nSPS) is 18.6. The van der Waals surface area contributed by atoms with Gasteiger partial charge in [0.2, 0.25) is 5.91 Å². The average molecular weight is 270 g/mol. The Balaban J connectivity index is 1.82. The van der Waals surface area contributed by atoms with Crippen LogP contribution in [0.15, 0.2) is 36.5 Å². The predicted octanol–water partition coefficient (Wildman–Crippen LogP) is 1.82. The van der Waals surface area contributed by atoms with Crippen LogP contribution in [-0.4, -0.2) is 40.2 Å². The maximum atomic E-state index is 11.9. The van der Waals surface area contributed by atoms with Crippen molar-refractivity contribution >= 4 is 11.6 Å². The van der Waals surface area contributed by atoms with Gasteiger partial charge in [-0.1, -0.05) is 18.2 Å². The molecule has 0 aliphatic carbocycles. The second-order valence-electron chi connectivity index (χ2n) is 5.15. The summed E-state index contributed by atoms with van der Waals surface area (Å²) in [5.74, 6) is 0.150. The van der Waals surface area contributed by atoms with Gasteiger partial charge in [-0.25, -0.2) is 4.68 Å². The van der Waals surface area contributed by atoms with E-state index in [1.807, 2.05) is 55.2 Å². The van der Waals surface area contributed by atoms with Crippen molar-refractivity contribution in [1.29, 1.82) is 0 Å². The molecule has 1 aliphatic rings. The average Bonchev–Trinajstić information content (AvgIpc) is 2.98. The third-order valence-electron chi connectivity index (χ3n) is 3.68. The van der Waals surface area contributed by atoms with Gasteiger partial charge in [0.25, 0.3) is 0 Å². The topological polar surface area (TPSA) is 50.2 Å². The number of carbonyl (C=O) groups is 1. The van der Waals surface area contributed by atoms with Gasteiger partial charge in [-0.2, -0.15) is 5.10 Å². The van der Waals surface area contributed by atoms with E-state index in [1.54, 1.807) is 4.90 Å². The maximum absolute atomic E-state index is 11.9. The molecule has 1 amide bonds. The van der Waals surface area contributed by atoms with E-state index < -0.39 is 0 Å². The van der Waals surface area contributed by atoms with E-state index in [0.29, 0.717) is 0 Å². The lowest BCUT2D eigenvalue weighted by molar-refractivity contribution is -0.127. The molecule has 5 nitrogen and oxygen atoms in total. The number of likely N-dealkylation sites (tertiary alicyclic amines) is 1. The van der Waals surface area contributed by atoms with Crippen LogP contribution in [0, 0.1) is 6.92 Å². The smallest absolute Gasteiger partial charge is 0.244 e. The number of hydrogen-bond acceptors (Lipinski definition) is 3. The van der Waals surface area contributed by atoms with Crippen LogP contribution in [0.2, 0.25) is 0 Å². The highest BCUT2D eigenvalue weighted by Crippen LogP contribution is 2.20. The summed E-state index contributed by atoms with van der Waals surface area (Å²) in [4.78, 5) is 13.7. The molecule has 1 aliphatic heterocycles. The van der Waals surface area contributed by atoms with E-state index in [2.05, 4.69) is 10.4 Å². The van der Waals surface area contributed by atoms with E-state index in [0.717, 1.165) is 30.0 Å². The van der Waals surface area contributed by atoms with Crippen molar-refractivity contribution in [1.82, 2.24) is 14.7 Å². The van der Waals surface area contributed by atoms with Gasteiger partial charge in [0.05, 0.1) is 23.3 Å². The third-order valence-corrected chi connectivity index (χ3v) is 3.68. The summed E-state index contributed by atoms with van der Waals surface area (Å²) in [5, 5.41) is 7.80. The van der Waals surface area contributed by atoms with Crippen LogP contribution in [0.25, 0.3) is 5.69 Å². The summed E-state index contributed by atoms with van der Waals surface area (Å²) in [6.07, 6.45) is 2.78. The molecular weight excluding hydrogens is 252 g/mol. The lowest BCUT2D eigenvalue weighted by atomic mass is 10.2. The van der Waals surface area contributed by atoms with Crippen LogP contribution in [-0.2, 0) is 4.79 Å². The number of nitrogens with one attached hydrogen (secondary N) is 1. The number of aromatic nitrogens is 2. The van der Waals surface area contributed by atoms with Crippen molar-refractivity contribution in [2.45, 2.75) is 19.4 Å². The highest BCUT2D eigenvalue weighted by molar-refractivity contribution is 5.86. The number of hydrogen-bond donors (Lipinski definition) is 1. The Morgan fingerprint density at radius 2 is 2.05 bits per heavy atom. The quantitative estimate of drug-likeness (QED) is 0.925. The van der Waals surface area contributed by atoms with Gasteiger partial charge in [0.1, 0.15) is 6.04 Å². The first-order valence-electron chi connectivity index (χ1n) is 6.78. The van der Waals surface area contributed by atoms with E-state index in [4.69, 9.17) is 0 Å². The Bertz CT molecular complexity index is 620. The molecule has 20 heavy (non-hydrogen) atoms. The zero-order chi connectivity index (χ0) is 14.1. The molecule has 1 unspecified atom stereocenters. The van der Waals surface area contributed by atoms with Crippen molar-refractivity contribution in [3.63, 3.8) is 0 Å². The summed E-state index contributed by atoms with van der Waals surface area (Å²) in [5.41, 5.74) is 2.83. The van der Waals surface area contributed by atoms with Gasteiger partial charge in [0.15, 0.2) is 0 Å². The number of nitrogens with zero attached hydrogens (tertiary/aromatic N) is 3. The molecule has 1 aromatic heterocycles. The minimum Gasteiger partial charge on any atom is -0.371 e. The third kappa shape index (κ3) is 2.27. The van der Waals surface area contributed by atoms with Crippen molar-refractivity contribution in [3.05, 3.63) is 42.2 Å². The summed E-state index contributed by atoms with van der Waals surface area (Å²) in [6, 6.07) is 9.82. The minimum absolute atomic E-state index is 0.132. The van der Waals surface area contributed by atoms with E-state index >= 15 is 0 Å². The fourth-order valence-corrected chi connectivity index (χ4v) is 2.46. The number of rotatable bonds is 3. The fourth-order valence-electron chi connectivity index (χ4n) is 2.46. The van der Waals surface area contributed by atoms with E-state index in [-0.39, 0.29) is 11.9 Å². The van der Waals surface area contributed by atoms with Gasteiger partial charge in [-0.05, 0) is 25.5 Å². The molecule has 104 valence electrons. The van der Waals surface area contributed by atoms with E-state index in [9.17, 15) is 4.79 Å². The molecule has 1 fully saturated rings. The summed E-state index contributed by atoms with van der Waals surface area (Å²) in [7, 11) is 1.84. The molecule has 0 saturated carbocycles. The van der Waals surface area contributed by atoms with Crippen LogP contribution in [0.4, 0.5) is 5.69 Å². The largest absolute Gasteiger partial charge is 0.371 e. The number of para-hydroxylation sites is 1. The number of anilines is 1. The molecule has 1 saturated heterocycles. The van der Waals surface area contributed by atoms with Crippen molar-refractivity contribution in [2.75, 3.05) is 18.9 Å². The second-order valence-corrected chi connectivity index (χ2v) is 5.15. The van der Waals surface area contributed by atoms with Crippen molar-refractivity contribution < 1.29 is 4.79 Å². The van der Waals surface area contributed by atoms with E-state index in [1.165, 1.54) is 0 Å². The number of likely N-dealkylation sites (N-methyl/N-ethyl adjacent to an activating group) is 1. The molecule has 5 heteroatoms. The van der Waals surface area contributed by atoms with Crippen LogP contribution < -0.4 is 5.32 Å². The zero-order valence-electron chi connectivity index (χ0n) is 11.7. The Hall–Kier alpha value is -2.30. The van der Waals surface area contributed by atoms with Crippen LogP contribution in [0.1, 0.15) is 12.1 Å². The highest BCUT2D eigenvalue weighted by atomic mass is 16.2. The first-order valence-corrected chi connectivity index (χ1v) is 6.78. The zero-order valence-corrected chi connectivity index (χ0v) is 11.7. The number of carbonyl (C=O) groups excluding carboxylic acids is 1. The summed E-state index contributed by atoms with van der Waals surface area (Å²) >= 11 is 0. The molecular formula is C15H18N4O. The molecule has 0 spiro atoms. The predicted molar refractivity (Wildman–Crippen MR) is 78.0 cm³/mol. The van der Waals surface area contributed by atoms with Gasteiger partial charge < -0.3 is 10.2 Å². The van der Waals surface area contributed by atoms with Gasteiger partial charge in [0, 0.05) is 13.6 Å². The molecule has 1 N–H and O–H groups in total. The first-order chi connectivity index (χ1) is 9.65. The highest BCUT2D eigenvalue weighted by Gasteiger charge is 2.29. The molecule has 1 aromatic carbocycles. The lowest BCUT2D eigenvalue weighted by Gasteiger charge is -2.12. The standard InChI is InChI=1S/C15H18N4O/c1-11-14(16-13-8-9-18(2)15(13)20)10-19(17-11)12-6-4-3-5-7-12/h3-7,10,13,16H,8-9H2,1-2H3. The van der Waals surface area contributed by atoms with Crippen molar-refractivity contribution in [2.24, 2.45) is 0 Å². The fraction of sp³-hybridized carbons (Fsp3) is 0.333. The molecule has 1 atom stereocenters. The number of benzene rings is 1. The Morgan fingerprint density at radius 1 is 1.30 bits per heavy atom. The molecule has 3 rings (SSSR count). The first kappa shape index (κ1) is 12.7. The number of amides is 1. The Labute approximate surface area is 118 Å². The summed E-state index contributed by atoms with van der Waals surface area (Å²) < 4.78 is 1.83. The summed E-state index contributed by atoms with van der Waals surface area (Å²) in [6.45, 7) is 2.76. The second kappa shape index (κ2) is 5.00. The lowest BCUT2D eigenvalue weighted by Crippen LogP contribution is -2.31. The molecule has 0 radical (unpaired) electrons. The van der Waals surface area contributed by atoms with Crippen LogP contribution in [0.3, 0.4) is 0 Å². The Morgan fingerprint density at radius 3 is 2.70 bits per heavy atom. The monoisotopic (exact) mass is 270 g/mol. The van der Waals surface area contributed by atoms with Crippen molar-refractivity contribution in [3.8, 4) is 5.69 Å². The van der Waals surface area contributed by atoms with Gasteiger partial charge >= 0.3 is 0 Å². The Kier molecular flexibility index (Phi) is 3.18. The maximum Gasteiger partial charge on any atom is 0.244 e. The van der Waals surface area contributed by atoms with Crippen LogP contribution >= 0.6 is 0 Å². The SMILES string of the molecule is Cc1nn(-c2ccccc2)cc1NC1CCN(C)C1=O. The molecule has 2 heterocycles. The van der Waals surface area contributed by atoms with Crippen LogP contribution in [0.5, 0.6) is 0 Å². The molecule has 0 bridgehead atoms. The molecule has 2 aromatic rings. The van der Waals surface area contributed by atoms with Gasteiger partial charge in [-0.3, -0.25) is 4.79 Å². The minimum atomic E-state index is -0.132. The number of aryl methyl sites for hydroxylation is 1.